The lowest BCUT2D eigenvalue weighted by atomic mass is 10.1. The molecule has 0 bridgehead atoms. The maximum Gasteiger partial charge on any atom is 0.283 e. The molecule has 1 fully saturated rings. The van der Waals surface area contributed by atoms with Gasteiger partial charge in [0, 0.05) is 42.8 Å². The fourth-order valence-corrected chi connectivity index (χ4v) is 3.87. The van der Waals surface area contributed by atoms with Crippen molar-refractivity contribution in [2.75, 3.05) is 32.4 Å². The number of rotatable bonds is 5. The van der Waals surface area contributed by atoms with Crippen molar-refractivity contribution in [2.45, 2.75) is 11.3 Å². The minimum atomic E-state index is -0.476. The summed E-state index contributed by atoms with van der Waals surface area (Å²) in [6, 6.07) is 11.7. The van der Waals surface area contributed by atoms with Crippen LogP contribution in [0.1, 0.15) is 15.9 Å². The second kappa shape index (κ2) is 9.28. The van der Waals surface area contributed by atoms with Crippen molar-refractivity contribution >= 4 is 40.9 Å². The number of nitro groups is 1. The Balaban J connectivity index is 1.60. The van der Waals surface area contributed by atoms with Gasteiger partial charge in [-0.1, -0.05) is 23.7 Å². The minimum absolute atomic E-state index is 0.000572. The summed E-state index contributed by atoms with van der Waals surface area (Å²) >= 11 is 7.13. The normalized spacial score (nSPS) is 14.0. The number of piperazine rings is 1. The largest absolute Gasteiger partial charge is 0.339 e. The van der Waals surface area contributed by atoms with Gasteiger partial charge in [-0.15, -0.1) is 11.8 Å². The summed E-state index contributed by atoms with van der Waals surface area (Å²) in [5.41, 5.74) is 1.11. The monoisotopic (exact) mass is 433 g/mol. The third kappa shape index (κ3) is 5.07. The molecule has 1 heterocycles. The van der Waals surface area contributed by atoms with Crippen LogP contribution in [0.5, 0.6) is 0 Å². The fourth-order valence-electron chi connectivity index (χ4n) is 3.20. The van der Waals surface area contributed by atoms with Gasteiger partial charge in [0.05, 0.1) is 16.2 Å². The minimum Gasteiger partial charge on any atom is -0.339 e. The summed E-state index contributed by atoms with van der Waals surface area (Å²) in [5.74, 6) is -0.259. The molecule has 2 aromatic rings. The Morgan fingerprint density at radius 1 is 1.07 bits per heavy atom. The average Bonchev–Trinajstić information content (AvgIpc) is 2.74. The zero-order valence-corrected chi connectivity index (χ0v) is 17.4. The van der Waals surface area contributed by atoms with E-state index in [1.165, 1.54) is 17.8 Å². The summed E-state index contributed by atoms with van der Waals surface area (Å²) in [5, 5.41) is 11.9. The molecule has 0 atom stereocenters. The molecule has 2 aromatic carbocycles. The van der Waals surface area contributed by atoms with Crippen molar-refractivity contribution < 1.29 is 14.5 Å². The summed E-state index contributed by atoms with van der Waals surface area (Å²) in [7, 11) is 0. The highest BCUT2D eigenvalue weighted by Gasteiger charge is 2.26. The molecule has 2 amide bonds. The second-order valence-corrected chi connectivity index (χ2v) is 7.90. The van der Waals surface area contributed by atoms with Gasteiger partial charge in [0.2, 0.25) is 5.91 Å². The molecule has 1 saturated heterocycles. The molecule has 152 valence electrons. The van der Waals surface area contributed by atoms with Crippen molar-refractivity contribution in [1.29, 1.82) is 0 Å². The molecule has 0 saturated carbocycles. The molecule has 0 aliphatic carbocycles. The molecule has 7 nitrogen and oxygen atoms in total. The van der Waals surface area contributed by atoms with Gasteiger partial charge in [-0.05, 0) is 36.1 Å². The second-order valence-electron chi connectivity index (χ2n) is 6.62. The number of carbonyl (C=O) groups excluding carboxylic acids is 2. The first kappa shape index (κ1) is 21.1. The van der Waals surface area contributed by atoms with Crippen LogP contribution < -0.4 is 0 Å². The summed E-state index contributed by atoms with van der Waals surface area (Å²) in [4.78, 5) is 39.9. The number of nitro benzene ring substituents is 1. The Labute approximate surface area is 177 Å². The highest BCUT2D eigenvalue weighted by molar-refractivity contribution is 7.98. The molecular formula is C20H20ClN3O4S. The zero-order chi connectivity index (χ0) is 21.0. The Morgan fingerprint density at radius 2 is 1.69 bits per heavy atom. The predicted octanol–water partition coefficient (Wildman–Crippen LogP) is 3.50. The summed E-state index contributed by atoms with van der Waals surface area (Å²) in [6.07, 6.45) is 2.04. The van der Waals surface area contributed by atoms with Gasteiger partial charge < -0.3 is 9.80 Å². The van der Waals surface area contributed by atoms with E-state index in [1.54, 1.807) is 40.3 Å². The van der Waals surface area contributed by atoms with Crippen LogP contribution >= 0.6 is 23.4 Å². The zero-order valence-electron chi connectivity index (χ0n) is 15.8. The quantitative estimate of drug-likeness (QED) is 0.409. The van der Waals surface area contributed by atoms with Crippen LogP contribution in [0.25, 0.3) is 0 Å². The van der Waals surface area contributed by atoms with Gasteiger partial charge in [0.15, 0.2) is 0 Å². The van der Waals surface area contributed by atoms with Crippen LogP contribution in [-0.4, -0.2) is 59.0 Å². The van der Waals surface area contributed by atoms with E-state index >= 15 is 0 Å². The number of amides is 2. The molecule has 0 aromatic heterocycles. The van der Waals surface area contributed by atoms with Gasteiger partial charge in [-0.2, -0.15) is 0 Å². The van der Waals surface area contributed by atoms with Crippen LogP contribution in [0.15, 0.2) is 47.4 Å². The standard InChI is InChI=1S/C20H20ClN3O4S/c1-29-18-7-4-15(13-17(18)24(27)28)20(26)23-10-8-22(9-11-23)19(25)12-14-2-5-16(21)6-3-14/h2-7,13H,8-12H2,1H3. The number of thioether (sulfide) groups is 1. The number of nitrogens with zero attached hydrogens (tertiary/aromatic N) is 3. The van der Waals surface area contributed by atoms with E-state index in [-0.39, 0.29) is 29.5 Å². The van der Waals surface area contributed by atoms with Crippen molar-refractivity contribution in [3.8, 4) is 0 Å². The van der Waals surface area contributed by atoms with Crippen molar-refractivity contribution in [2.24, 2.45) is 0 Å². The number of hydrogen-bond acceptors (Lipinski definition) is 5. The average molecular weight is 434 g/mol. The molecule has 9 heteroatoms. The van der Waals surface area contributed by atoms with Crippen LogP contribution in [0.2, 0.25) is 5.02 Å². The SMILES string of the molecule is CSc1ccc(C(=O)N2CCN(C(=O)Cc3ccc(Cl)cc3)CC2)cc1[N+](=O)[O-]. The van der Waals surface area contributed by atoms with Gasteiger partial charge in [-0.25, -0.2) is 0 Å². The molecule has 29 heavy (non-hydrogen) atoms. The van der Waals surface area contributed by atoms with Crippen LogP contribution in [0.3, 0.4) is 0 Å². The Hall–Kier alpha value is -2.58. The first-order chi connectivity index (χ1) is 13.9. The fraction of sp³-hybridized carbons (Fsp3) is 0.300. The Kier molecular flexibility index (Phi) is 6.76. The summed E-state index contributed by atoms with van der Waals surface area (Å²) < 4.78 is 0. The van der Waals surface area contributed by atoms with Gasteiger partial charge in [0.1, 0.15) is 0 Å². The van der Waals surface area contributed by atoms with Crippen LogP contribution in [-0.2, 0) is 11.2 Å². The van der Waals surface area contributed by atoms with Gasteiger partial charge in [0.25, 0.3) is 11.6 Å². The van der Waals surface area contributed by atoms with Crippen molar-refractivity contribution in [3.05, 3.63) is 68.7 Å². The van der Waals surface area contributed by atoms with Crippen LogP contribution in [0.4, 0.5) is 5.69 Å². The van der Waals surface area contributed by atoms with E-state index in [0.29, 0.717) is 36.1 Å². The molecule has 0 unspecified atom stereocenters. The molecule has 3 rings (SSSR count). The lowest BCUT2D eigenvalue weighted by molar-refractivity contribution is -0.387. The highest BCUT2D eigenvalue weighted by atomic mass is 35.5. The predicted molar refractivity (Wildman–Crippen MR) is 113 cm³/mol. The van der Waals surface area contributed by atoms with Gasteiger partial charge >= 0.3 is 0 Å². The van der Waals surface area contributed by atoms with Gasteiger partial charge in [-0.3, -0.25) is 19.7 Å². The van der Waals surface area contributed by atoms with E-state index < -0.39 is 4.92 Å². The lowest BCUT2D eigenvalue weighted by Gasteiger charge is -2.35. The maximum absolute atomic E-state index is 12.8. The third-order valence-electron chi connectivity index (χ3n) is 4.81. The smallest absolute Gasteiger partial charge is 0.283 e. The highest BCUT2D eigenvalue weighted by Crippen LogP contribution is 2.28. The molecular weight excluding hydrogens is 414 g/mol. The van der Waals surface area contributed by atoms with Crippen molar-refractivity contribution in [3.63, 3.8) is 0 Å². The van der Waals surface area contributed by atoms with E-state index in [9.17, 15) is 19.7 Å². The molecule has 0 radical (unpaired) electrons. The Morgan fingerprint density at radius 3 is 2.28 bits per heavy atom. The Bertz CT molecular complexity index is 928. The van der Waals surface area contributed by atoms with E-state index in [0.717, 1.165) is 5.56 Å². The summed E-state index contributed by atoms with van der Waals surface area (Å²) in [6.45, 7) is 1.65. The maximum atomic E-state index is 12.8. The molecule has 1 aliphatic rings. The number of hydrogen-bond donors (Lipinski definition) is 0. The van der Waals surface area contributed by atoms with Crippen LogP contribution in [0, 0.1) is 10.1 Å². The topological polar surface area (TPSA) is 83.8 Å². The first-order valence-electron chi connectivity index (χ1n) is 9.03. The number of halogens is 1. The third-order valence-corrected chi connectivity index (χ3v) is 5.85. The van der Waals surface area contributed by atoms with E-state index in [2.05, 4.69) is 0 Å². The number of benzene rings is 2. The molecule has 0 spiro atoms. The molecule has 0 N–H and O–H groups in total. The lowest BCUT2D eigenvalue weighted by Crippen LogP contribution is -2.51. The van der Waals surface area contributed by atoms with E-state index in [4.69, 9.17) is 11.6 Å². The van der Waals surface area contributed by atoms with Crippen molar-refractivity contribution in [1.82, 2.24) is 9.80 Å². The first-order valence-corrected chi connectivity index (χ1v) is 10.6. The molecule has 1 aliphatic heterocycles. The number of carbonyl (C=O) groups is 2. The van der Waals surface area contributed by atoms with E-state index in [1.807, 2.05) is 12.1 Å².